The van der Waals surface area contributed by atoms with Gasteiger partial charge in [0.1, 0.15) is 5.60 Å². The van der Waals surface area contributed by atoms with Crippen molar-refractivity contribution < 1.29 is 14.3 Å². The molecule has 0 aliphatic heterocycles. The summed E-state index contributed by atoms with van der Waals surface area (Å²) >= 11 is 6.31. The van der Waals surface area contributed by atoms with Crippen molar-refractivity contribution in [1.82, 2.24) is 14.8 Å². The zero-order chi connectivity index (χ0) is 29.0. The summed E-state index contributed by atoms with van der Waals surface area (Å²) in [5, 5.41) is 7.51. The number of halogens is 1. The van der Waals surface area contributed by atoms with Gasteiger partial charge in [-0.3, -0.25) is 4.79 Å². The Morgan fingerprint density at radius 2 is 1.70 bits per heavy atom. The van der Waals surface area contributed by atoms with Gasteiger partial charge in [-0.15, -0.1) is 0 Å². The molecule has 0 unspecified atom stereocenters. The van der Waals surface area contributed by atoms with Crippen LogP contribution in [0.4, 0.5) is 15.3 Å². The van der Waals surface area contributed by atoms with E-state index in [4.69, 9.17) is 16.3 Å². The lowest BCUT2D eigenvalue weighted by Gasteiger charge is -2.24. The third kappa shape index (κ3) is 6.82. The van der Waals surface area contributed by atoms with Crippen molar-refractivity contribution in [3.8, 4) is 11.1 Å². The summed E-state index contributed by atoms with van der Waals surface area (Å²) in [6, 6.07) is 21.7. The predicted molar refractivity (Wildman–Crippen MR) is 160 cm³/mol. The van der Waals surface area contributed by atoms with Crippen LogP contribution in [0.5, 0.6) is 0 Å². The van der Waals surface area contributed by atoms with Crippen LogP contribution in [0.2, 0.25) is 5.02 Å². The first-order valence-corrected chi connectivity index (χ1v) is 13.2. The number of benzene rings is 3. The second kappa shape index (κ2) is 11.8. The largest absolute Gasteiger partial charge is 0.444 e. The quantitative estimate of drug-likeness (QED) is 0.280. The van der Waals surface area contributed by atoms with E-state index in [1.807, 2.05) is 57.2 Å². The molecule has 208 valence electrons. The Labute approximate surface area is 238 Å². The third-order valence-electron chi connectivity index (χ3n) is 6.27. The van der Waals surface area contributed by atoms with Gasteiger partial charge in [0.15, 0.2) is 0 Å². The summed E-state index contributed by atoms with van der Waals surface area (Å²) in [5.74, 6) is 0. The van der Waals surface area contributed by atoms with E-state index in [2.05, 4.69) is 10.6 Å². The maximum atomic E-state index is 13.2. The Morgan fingerprint density at radius 3 is 2.40 bits per heavy atom. The van der Waals surface area contributed by atoms with E-state index in [9.17, 15) is 14.4 Å². The Morgan fingerprint density at radius 1 is 0.975 bits per heavy atom. The minimum Gasteiger partial charge on any atom is -0.444 e. The van der Waals surface area contributed by atoms with Gasteiger partial charge in [-0.25, -0.2) is 9.59 Å². The summed E-state index contributed by atoms with van der Waals surface area (Å²) < 4.78 is 6.97. The van der Waals surface area contributed by atoms with Crippen molar-refractivity contribution in [2.75, 3.05) is 12.4 Å². The molecule has 0 radical (unpaired) electrons. The maximum Gasteiger partial charge on any atom is 0.410 e. The summed E-state index contributed by atoms with van der Waals surface area (Å²) in [6.45, 7) is 5.86. The molecule has 3 aromatic carbocycles. The zero-order valence-corrected chi connectivity index (χ0v) is 24.0. The second-order valence-electron chi connectivity index (χ2n) is 10.6. The zero-order valence-electron chi connectivity index (χ0n) is 23.2. The molecule has 0 atom stereocenters. The molecule has 40 heavy (non-hydrogen) atoms. The average molecular weight is 561 g/mol. The van der Waals surface area contributed by atoms with E-state index in [-0.39, 0.29) is 12.1 Å². The molecule has 1 aromatic heterocycles. The van der Waals surface area contributed by atoms with Crippen LogP contribution in [0.3, 0.4) is 0 Å². The topological polar surface area (TPSA) is 92.7 Å². The highest BCUT2D eigenvalue weighted by Crippen LogP contribution is 2.32. The number of carbonyl (C=O) groups excluding carboxylic acids is 2. The summed E-state index contributed by atoms with van der Waals surface area (Å²) in [4.78, 5) is 39.9. The number of hydrogen-bond acceptors (Lipinski definition) is 4. The first-order chi connectivity index (χ1) is 18.9. The van der Waals surface area contributed by atoms with Crippen LogP contribution in [-0.2, 0) is 24.9 Å². The Balaban J connectivity index is 1.54. The van der Waals surface area contributed by atoms with Crippen LogP contribution < -0.4 is 16.2 Å². The van der Waals surface area contributed by atoms with Crippen LogP contribution in [-0.4, -0.2) is 34.2 Å². The lowest BCUT2D eigenvalue weighted by atomic mass is 9.96. The fraction of sp³-hybridized carbons (Fsp3) is 0.258. The molecule has 4 aromatic rings. The van der Waals surface area contributed by atoms with E-state index in [1.165, 1.54) is 4.90 Å². The number of nitrogens with zero attached hydrogens (tertiary/aromatic N) is 2. The number of ether oxygens (including phenoxy) is 1. The number of aromatic nitrogens is 1. The summed E-state index contributed by atoms with van der Waals surface area (Å²) in [5.41, 5.74) is 3.01. The van der Waals surface area contributed by atoms with Crippen LogP contribution in [0, 0.1) is 0 Å². The van der Waals surface area contributed by atoms with Gasteiger partial charge in [0.05, 0.1) is 6.54 Å². The van der Waals surface area contributed by atoms with E-state index < -0.39 is 17.7 Å². The molecular weight excluding hydrogens is 528 g/mol. The SMILES string of the molecule is CN(Cc1cccc(NC(=O)NCc2c(-c3ccccc3)c3cc(Cl)ccc3c(=O)n2C)c1)C(=O)OC(C)(C)C. The molecule has 8 nitrogen and oxygen atoms in total. The van der Waals surface area contributed by atoms with Crippen molar-refractivity contribution in [2.45, 2.75) is 39.5 Å². The molecule has 0 spiro atoms. The lowest BCUT2D eigenvalue weighted by Crippen LogP contribution is -2.34. The van der Waals surface area contributed by atoms with Crippen LogP contribution in [0.1, 0.15) is 32.0 Å². The fourth-order valence-corrected chi connectivity index (χ4v) is 4.61. The molecule has 9 heteroatoms. The predicted octanol–water partition coefficient (Wildman–Crippen LogP) is 6.55. The summed E-state index contributed by atoms with van der Waals surface area (Å²) in [6.07, 6.45) is -0.430. The van der Waals surface area contributed by atoms with Crippen molar-refractivity contribution >= 4 is 40.2 Å². The molecule has 3 amide bonds. The van der Waals surface area contributed by atoms with E-state index in [0.29, 0.717) is 28.3 Å². The normalized spacial score (nSPS) is 11.2. The van der Waals surface area contributed by atoms with Crippen LogP contribution >= 0.6 is 11.6 Å². The molecule has 2 N–H and O–H groups in total. The molecule has 0 aliphatic rings. The maximum absolute atomic E-state index is 13.2. The van der Waals surface area contributed by atoms with Gasteiger partial charge in [0.25, 0.3) is 5.56 Å². The number of fused-ring (bicyclic) bond motifs is 1. The smallest absolute Gasteiger partial charge is 0.410 e. The van der Waals surface area contributed by atoms with Crippen molar-refractivity contribution in [2.24, 2.45) is 7.05 Å². The fourth-order valence-electron chi connectivity index (χ4n) is 4.44. The Kier molecular flexibility index (Phi) is 8.49. The number of amides is 3. The number of nitrogens with one attached hydrogen (secondary N) is 2. The highest BCUT2D eigenvalue weighted by atomic mass is 35.5. The third-order valence-corrected chi connectivity index (χ3v) is 6.50. The monoisotopic (exact) mass is 560 g/mol. The molecule has 0 aliphatic carbocycles. The number of hydrogen-bond donors (Lipinski definition) is 2. The number of pyridine rings is 1. The van der Waals surface area contributed by atoms with Crippen molar-refractivity contribution in [1.29, 1.82) is 0 Å². The molecule has 0 fully saturated rings. The number of urea groups is 1. The molecular formula is C31H33ClN4O4. The number of rotatable bonds is 6. The van der Waals surface area contributed by atoms with E-state index >= 15 is 0 Å². The van der Waals surface area contributed by atoms with Gasteiger partial charge in [-0.1, -0.05) is 54.1 Å². The molecule has 1 heterocycles. The lowest BCUT2D eigenvalue weighted by molar-refractivity contribution is 0.0285. The molecule has 4 rings (SSSR count). The van der Waals surface area contributed by atoms with Crippen molar-refractivity contribution in [3.05, 3.63) is 99.4 Å². The second-order valence-corrected chi connectivity index (χ2v) is 11.0. The number of carbonyl (C=O) groups is 2. The van der Waals surface area contributed by atoms with Gasteiger partial charge in [0.2, 0.25) is 0 Å². The first-order valence-electron chi connectivity index (χ1n) is 12.9. The van der Waals surface area contributed by atoms with E-state index in [0.717, 1.165) is 22.1 Å². The average Bonchev–Trinajstić information content (AvgIpc) is 2.89. The first kappa shape index (κ1) is 28.7. The van der Waals surface area contributed by atoms with Gasteiger partial charge in [0, 0.05) is 48.0 Å². The minimum atomic E-state index is -0.589. The standard InChI is InChI=1S/C31H33ClN4O4/c1-31(2,3)40-30(39)35(4)19-20-10-9-13-23(16-20)34-29(38)33-18-26-27(21-11-7-6-8-12-21)25-17-22(32)14-15-24(25)28(37)36(26)5/h6-17H,18-19H2,1-5H3,(H2,33,34,38). The van der Waals surface area contributed by atoms with Gasteiger partial charge in [-0.05, 0) is 67.6 Å². The van der Waals surface area contributed by atoms with Gasteiger partial charge >= 0.3 is 12.1 Å². The van der Waals surface area contributed by atoms with Crippen molar-refractivity contribution in [3.63, 3.8) is 0 Å². The van der Waals surface area contributed by atoms with Gasteiger partial charge in [-0.2, -0.15) is 0 Å². The van der Waals surface area contributed by atoms with Crippen LogP contribution in [0.15, 0.2) is 77.6 Å². The Bertz CT molecular complexity index is 1610. The number of anilines is 1. The molecule has 0 bridgehead atoms. The van der Waals surface area contributed by atoms with E-state index in [1.54, 1.807) is 55.1 Å². The van der Waals surface area contributed by atoms with Gasteiger partial charge < -0.3 is 24.8 Å². The molecule has 0 saturated carbocycles. The highest BCUT2D eigenvalue weighted by molar-refractivity contribution is 6.31. The highest BCUT2D eigenvalue weighted by Gasteiger charge is 2.20. The minimum absolute atomic E-state index is 0.103. The Hall–Kier alpha value is -4.30. The molecule has 0 saturated heterocycles. The summed E-state index contributed by atoms with van der Waals surface area (Å²) in [7, 11) is 3.36. The van der Waals surface area contributed by atoms with Crippen LogP contribution in [0.25, 0.3) is 21.9 Å².